The van der Waals surface area contributed by atoms with Crippen molar-refractivity contribution in [2.75, 3.05) is 13.1 Å². The number of alkyl halides is 3. The highest BCUT2D eigenvalue weighted by molar-refractivity contribution is 5.79. The quantitative estimate of drug-likeness (QED) is 0.689. The van der Waals surface area contributed by atoms with Gasteiger partial charge in [-0.2, -0.15) is 18.3 Å². The normalized spacial score (nSPS) is 21.5. The van der Waals surface area contributed by atoms with Crippen LogP contribution in [0.15, 0.2) is 12.1 Å². The summed E-state index contributed by atoms with van der Waals surface area (Å²) in [7, 11) is 0. The van der Waals surface area contributed by atoms with Gasteiger partial charge in [0.15, 0.2) is 5.65 Å². The number of aromatic nitrogens is 3. The Kier molecular flexibility index (Phi) is 5.31. The molecule has 2 fully saturated rings. The molecule has 1 amide bonds. The fraction of sp³-hybridized carbons (Fsp3) is 0.682. The van der Waals surface area contributed by atoms with Crippen LogP contribution < -0.4 is 0 Å². The van der Waals surface area contributed by atoms with Gasteiger partial charge in [-0.05, 0) is 31.7 Å². The van der Waals surface area contributed by atoms with E-state index in [-0.39, 0.29) is 28.8 Å². The molecule has 3 heterocycles. The van der Waals surface area contributed by atoms with Gasteiger partial charge in [-0.15, -0.1) is 0 Å². The first-order chi connectivity index (χ1) is 14.0. The Labute approximate surface area is 174 Å². The summed E-state index contributed by atoms with van der Waals surface area (Å²) in [5.74, 6) is 0.0472. The maximum Gasteiger partial charge on any atom is 0.433 e. The van der Waals surface area contributed by atoms with Gasteiger partial charge in [0.25, 0.3) is 0 Å². The molecule has 30 heavy (non-hydrogen) atoms. The van der Waals surface area contributed by atoms with Crippen molar-refractivity contribution < 1.29 is 18.0 Å². The first-order valence-corrected chi connectivity index (χ1v) is 10.8. The minimum absolute atomic E-state index is 0.0779. The molecular weight excluding hydrogens is 393 g/mol. The molecule has 2 aromatic rings. The lowest BCUT2D eigenvalue weighted by atomic mass is 9.92. The van der Waals surface area contributed by atoms with Crippen molar-refractivity contribution in [3.63, 3.8) is 0 Å². The summed E-state index contributed by atoms with van der Waals surface area (Å²) in [6.07, 6.45) is 0.988. The number of piperidine rings is 1. The second-order valence-corrected chi connectivity index (χ2v) is 9.72. The van der Waals surface area contributed by atoms with Crippen molar-refractivity contribution in [3.8, 4) is 0 Å². The van der Waals surface area contributed by atoms with Crippen molar-refractivity contribution in [1.29, 1.82) is 0 Å². The van der Waals surface area contributed by atoms with E-state index in [4.69, 9.17) is 0 Å². The van der Waals surface area contributed by atoms with Gasteiger partial charge in [0.2, 0.25) is 5.91 Å². The van der Waals surface area contributed by atoms with Crippen LogP contribution in [0.5, 0.6) is 0 Å². The third kappa shape index (κ3) is 4.05. The lowest BCUT2D eigenvalue weighted by molar-refractivity contribution is -0.143. The van der Waals surface area contributed by atoms with E-state index in [0.717, 1.165) is 49.1 Å². The maximum atomic E-state index is 13.8. The van der Waals surface area contributed by atoms with Gasteiger partial charge >= 0.3 is 6.18 Å². The zero-order chi connectivity index (χ0) is 21.7. The average Bonchev–Trinajstić information content (AvgIpc) is 3.35. The SMILES string of the molecule is CC(C)(C)c1cc2nc(C3CCCN(C(=O)C4CCCC4)C3)cc(C(F)(F)F)n2n1. The summed E-state index contributed by atoms with van der Waals surface area (Å²) in [5.41, 5.74) is -0.00817. The van der Waals surface area contributed by atoms with E-state index in [2.05, 4.69) is 10.1 Å². The molecule has 1 aliphatic carbocycles. The smallest absolute Gasteiger partial charge is 0.342 e. The number of nitrogens with zero attached hydrogens (tertiary/aromatic N) is 4. The predicted molar refractivity (Wildman–Crippen MR) is 107 cm³/mol. The lowest BCUT2D eigenvalue weighted by Crippen LogP contribution is -2.42. The molecule has 1 atom stereocenters. The van der Waals surface area contributed by atoms with E-state index in [0.29, 0.717) is 24.5 Å². The van der Waals surface area contributed by atoms with Crippen molar-refractivity contribution in [2.45, 2.75) is 76.8 Å². The van der Waals surface area contributed by atoms with Gasteiger partial charge in [-0.1, -0.05) is 33.6 Å². The van der Waals surface area contributed by atoms with Crippen molar-refractivity contribution >= 4 is 11.6 Å². The van der Waals surface area contributed by atoms with Gasteiger partial charge in [0.1, 0.15) is 5.69 Å². The maximum absolute atomic E-state index is 13.8. The van der Waals surface area contributed by atoms with Crippen molar-refractivity contribution in [1.82, 2.24) is 19.5 Å². The Balaban J connectivity index is 1.68. The summed E-state index contributed by atoms with van der Waals surface area (Å²) in [6.45, 7) is 6.86. The van der Waals surface area contributed by atoms with E-state index < -0.39 is 11.9 Å². The molecule has 0 aromatic carbocycles. The van der Waals surface area contributed by atoms with E-state index >= 15 is 0 Å². The summed E-state index contributed by atoms with van der Waals surface area (Å²) < 4.78 is 42.4. The summed E-state index contributed by atoms with van der Waals surface area (Å²) in [6, 6.07) is 2.77. The Bertz CT molecular complexity index is 938. The van der Waals surface area contributed by atoms with Gasteiger partial charge in [-0.25, -0.2) is 9.50 Å². The van der Waals surface area contributed by atoms with Gasteiger partial charge in [0.05, 0.1) is 5.69 Å². The molecule has 1 aliphatic heterocycles. The number of hydrogen-bond donors (Lipinski definition) is 0. The number of halogens is 3. The predicted octanol–water partition coefficient (Wildman–Crippen LogP) is 4.94. The molecule has 164 valence electrons. The molecule has 2 aromatic heterocycles. The van der Waals surface area contributed by atoms with Gasteiger partial charge < -0.3 is 4.90 Å². The van der Waals surface area contributed by atoms with Crippen molar-refractivity contribution in [2.24, 2.45) is 5.92 Å². The lowest BCUT2D eigenvalue weighted by Gasteiger charge is -2.34. The van der Waals surface area contributed by atoms with Gasteiger partial charge in [-0.3, -0.25) is 4.79 Å². The Morgan fingerprint density at radius 2 is 1.77 bits per heavy atom. The largest absolute Gasteiger partial charge is 0.433 e. The van der Waals surface area contributed by atoms with Crippen LogP contribution in [0.25, 0.3) is 5.65 Å². The minimum atomic E-state index is -4.54. The molecule has 0 spiro atoms. The number of hydrogen-bond acceptors (Lipinski definition) is 3. The summed E-state index contributed by atoms with van der Waals surface area (Å²) in [4.78, 5) is 19.2. The third-order valence-corrected chi connectivity index (χ3v) is 6.36. The second kappa shape index (κ2) is 7.54. The zero-order valence-corrected chi connectivity index (χ0v) is 17.8. The standard InChI is InChI=1S/C22H29F3N4O/c1-21(2,3)17-12-19-26-16(11-18(22(23,24)25)29(19)27-17)15-9-6-10-28(13-15)20(30)14-7-4-5-8-14/h11-12,14-15H,4-10,13H2,1-3H3. The molecule has 2 aliphatic rings. The van der Waals surface area contributed by atoms with E-state index in [1.807, 2.05) is 25.7 Å². The Morgan fingerprint density at radius 3 is 2.40 bits per heavy atom. The first kappa shape index (κ1) is 21.1. The fourth-order valence-corrected chi connectivity index (χ4v) is 4.62. The minimum Gasteiger partial charge on any atom is -0.342 e. The van der Waals surface area contributed by atoms with Crippen LogP contribution in [0.2, 0.25) is 0 Å². The molecule has 0 N–H and O–H groups in total. The molecule has 1 unspecified atom stereocenters. The average molecular weight is 422 g/mol. The molecule has 1 saturated heterocycles. The van der Waals surface area contributed by atoms with Crippen molar-refractivity contribution in [3.05, 3.63) is 29.2 Å². The number of fused-ring (bicyclic) bond motifs is 1. The fourth-order valence-electron chi connectivity index (χ4n) is 4.62. The van der Waals surface area contributed by atoms with Crippen LogP contribution in [-0.4, -0.2) is 38.5 Å². The van der Waals surface area contributed by atoms with E-state index in [1.54, 1.807) is 6.07 Å². The topological polar surface area (TPSA) is 50.5 Å². The number of rotatable bonds is 2. The monoisotopic (exact) mass is 422 g/mol. The molecule has 1 saturated carbocycles. The molecule has 8 heteroatoms. The highest BCUT2D eigenvalue weighted by Crippen LogP contribution is 2.35. The molecule has 0 radical (unpaired) electrons. The molecule has 4 rings (SSSR count). The number of likely N-dealkylation sites (tertiary alicyclic amines) is 1. The third-order valence-electron chi connectivity index (χ3n) is 6.36. The molecule has 0 bridgehead atoms. The highest BCUT2D eigenvalue weighted by atomic mass is 19.4. The van der Waals surface area contributed by atoms with Crippen LogP contribution in [0.4, 0.5) is 13.2 Å². The van der Waals surface area contributed by atoms with E-state index in [9.17, 15) is 18.0 Å². The molecule has 5 nitrogen and oxygen atoms in total. The Morgan fingerprint density at radius 1 is 1.07 bits per heavy atom. The first-order valence-electron chi connectivity index (χ1n) is 10.8. The number of carbonyl (C=O) groups is 1. The molecular formula is C22H29F3N4O. The van der Waals surface area contributed by atoms with Crippen LogP contribution in [-0.2, 0) is 16.4 Å². The zero-order valence-electron chi connectivity index (χ0n) is 17.8. The van der Waals surface area contributed by atoms with Crippen LogP contribution in [0.3, 0.4) is 0 Å². The summed E-state index contributed by atoms with van der Waals surface area (Å²) >= 11 is 0. The number of amides is 1. The Hall–Kier alpha value is -2.12. The number of carbonyl (C=O) groups excluding carboxylic acids is 1. The second-order valence-electron chi connectivity index (χ2n) is 9.72. The van der Waals surface area contributed by atoms with Crippen LogP contribution in [0.1, 0.15) is 82.3 Å². The van der Waals surface area contributed by atoms with Gasteiger partial charge in [0, 0.05) is 42.1 Å². The van der Waals surface area contributed by atoms with Crippen LogP contribution >= 0.6 is 0 Å². The highest BCUT2D eigenvalue weighted by Gasteiger charge is 2.38. The van der Waals surface area contributed by atoms with E-state index in [1.165, 1.54) is 0 Å². The van der Waals surface area contributed by atoms with Crippen LogP contribution in [0, 0.1) is 5.92 Å². The summed E-state index contributed by atoms with van der Waals surface area (Å²) in [5, 5.41) is 4.20.